The average Bonchev–Trinajstić information content (AvgIpc) is 1.62. The molecule has 0 aliphatic carbocycles. The first-order valence-corrected chi connectivity index (χ1v) is 35.8. The van der Waals surface area contributed by atoms with E-state index in [-0.39, 0.29) is 75.7 Å². The molecule has 0 spiro atoms. The van der Waals surface area contributed by atoms with Gasteiger partial charge in [-0.25, -0.2) is 29.3 Å². The number of H-pyrrole nitrogens is 2. The van der Waals surface area contributed by atoms with Crippen molar-refractivity contribution in [3.05, 3.63) is 257 Å². The van der Waals surface area contributed by atoms with E-state index < -0.39 is 110 Å². The highest BCUT2D eigenvalue weighted by atomic mass is 35.5. The van der Waals surface area contributed by atoms with Gasteiger partial charge in [0.2, 0.25) is 11.9 Å². The molecular weight excluding hydrogens is 1410 g/mol. The molecule has 2 amide bonds. The summed E-state index contributed by atoms with van der Waals surface area (Å²) in [6, 6.07) is 43.4. The second-order valence-electron chi connectivity index (χ2n) is 25.8. The van der Waals surface area contributed by atoms with E-state index in [1.165, 1.54) is 42.5 Å². The van der Waals surface area contributed by atoms with E-state index in [1.807, 2.05) is 84.9 Å². The maximum atomic E-state index is 16.2. The Morgan fingerprint density at radius 1 is 0.676 bits per heavy atom. The number of rotatable bonds is 24. The summed E-state index contributed by atoms with van der Waals surface area (Å²) >= 11 is 14.1. The molecule has 3 fully saturated rings. The van der Waals surface area contributed by atoms with Crippen molar-refractivity contribution >= 4 is 76.9 Å². The molecule has 1 unspecified atom stereocenters. The van der Waals surface area contributed by atoms with Gasteiger partial charge in [0, 0.05) is 53.4 Å². The van der Waals surface area contributed by atoms with Gasteiger partial charge in [-0.1, -0.05) is 128 Å². The quantitative estimate of drug-likeness (QED) is 0.0277. The van der Waals surface area contributed by atoms with Gasteiger partial charge < -0.3 is 43.4 Å². The molecule has 28 nitrogen and oxygen atoms in total. The summed E-state index contributed by atoms with van der Waals surface area (Å²) in [5.74, 6) is -0.974. The van der Waals surface area contributed by atoms with Crippen LogP contribution in [0, 0.1) is 19.8 Å². The fourth-order valence-corrected chi connectivity index (χ4v) is 15.3. The predicted molar refractivity (Wildman–Crippen MR) is 386 cm³/mol. The maximum absolute atomic E-state index is 16.2. The lowest BCUT2D eigenvalue weighted by molar-refractivity contribution is -0.118. The molecule has 5 N–H and O–H groups in total. The number of hydrogen-bond acceptors (Lipinski definition) is 21. The van der Waals surface area contributed by atoms with Gasteiger partial charge in [0.15, 0.2) is 28.1 Å². The van der Waals surface area contributed by atoms with Crippen LogP contribution in [-0.4, -0.2) is 117 Å². The highest BCUT2D eigenvalue weighted by molar-refractivity contribution is 7.49. The molecule has 3 saturated heterocycles. The van der Waals surface area contributed by atoms with E-state index >= 15 is 4.57 Å². The number of nitrogens with zero attached hydrogens (tertiary/aromatic N) is 8. The lowest BCUT2D eigenvalue weighted by Crippen LogP contribution is -2.37. The largest absolute Gasteiger partial charge is 0.530 e. The van der Waals surface area contributed by atoms with Crippen molar-refractivity contribution in [2.24, 2.45) is 5.92 Å². The Kier molecular flexibility index (Phi) is 20.6. The number of phosphoric ester groups is 1. The van der Waals surface area contributed by atoms with Crippen LogP contribution in [0.15, 0.2) is 185 Å². The maximum Gasteiger partial charge on any atom is 0.530 e. The molecule has 0 radical (unpaired) electrons. The summed E-state index contributed by atoms with van der Waals surface area (Å²) in [6.45, 7) is 5.88. The number of aliphatic hydroxyl groups is 1. The van der Waals surface area contributed by atoms with E-state index in [0.717, 1.165) is 21.3 Å². The van der Waals surface area contributed by atoms with Crippen molar-refractivity contribution < 1.29 is 61.3 Å². The zero-order valence-corrected chi connectivity index (χ0v) is 59.7. The number of aromatic nitrogens is 10. The fraction of sp³-hybridized carbons (Fsp3) is 0.297. The molecule has 6 aromatic carbocycles. The third-order valence-corrected chi connectivity index (χ3v) is 21.1. The summed E-state index contributed by atoms with van der Waals surface area (Å²) in [7, 11) is -1.94. The first-order valence-electron chi connectivity index (χ1n) is 33.6. The number of nitrogens with one attached hydrogen (secondary N) is 4. The van der Waals surface area contributed by atoms with E-state index in [0.29, 0.717) is 39.4 Å². The smallest absolute Gasteiger partial charge is 0.497 e. The SMILES string of the molecule is COc1ccc(C(OC[C@@H]2O[C@@H](n3cnc4c(NC(=O)c5ccccc5)ncnc43)C[C@H]2c2ccc(Cl)c(C)c2[C@H]2O[C@@H](n3cnc4c(=O)[nH]c(NC(=O)C(C)C)nc43)C[C@@H]2OP(=O)(OC[C@H]2O[C@@H](n3cc(C)c(=O)[nH]c3=O)C[C@@H]2O)Oc2ccccc2Cl)(c2ccccc2)c2ccc(OC)cc2)cc1. The molecule has 105 heavy (non-hydrogen) atoms. The molecule has 542 valence electrons. The zero-order valence-electron chi connectivity index (χ0n) is 57.3. The Morgan fingerprint density at radius 3 is 1.99 bits per heavy atom. The molecule has 10 atom stereocenters. The lowest BCUT2D eigenvalue weighted by Gasteiger charge is -2.37. The van der Waals surface area contributed by atoms with Crippen LogP contribution in [0.1, 0.15) is 113 Å². The monoisotopic (exact) mass is 1480 g/mol. The Morgan fingerprint density at radius 2 is 1.30 bits per heavy atom. The van der Waals surface area contributed by atoms with Crippen LogP contribution < -0.4 is 41.4 Å². The lowest BCUT2D eigenvalue weighted by atomic mass is 9.79. The summed E-state index contributed by atoms with van der Waals surface area (Å²) < 4.78 is 80.1. The minimum absolute atomic E-state index is 0.00487. The Balaban J connectivity index is 0.905. The fourth-order valence-electron chi connectivity index (χ4n) is 13.5. The van der Waals surface area contributed by atoms with Crippen LogP contribution in [-0.2, 0) is 43.0 Å². The number of phosphoric acid groups is 1. The number of fused-ring (bicyclic) bond motifs is 2. The van der Waals surface area contributed by atoms with Crippen molar-refractivity contribution in [2.45, 2.75) is 108 Å². The second-order valence-corrected chi connectivity index (χ2v) is 28.1. The van der Waals surface area contributed by atoms with Gasteiger partial charge in [-0.05, 0) is 102 Å². The molecule has 5 aromatic heterocycles. The molecule has 11 aromatic rings. The Hall–Kier alpha value is -10.2. The zero-order chi connectivity index (χ0) is 73.4. The Labute approximate surface area is 609 Å². The topological polar surface area (TPSA) is 341 Å². The van der Waals surface area contributed by atoms with Crippen molar-refractivity contribution in [3.8, 4) is 17.2 Å². The number of methoxy groups -OCH3 is 2. The van der Waals surface area contributed by atoms with Crippen LogP contribution in [0.4, 0.5) is 11.8 Å². The number of aromatic amines is 2. The van der Waals surface area contributed by atoms with Gasteiger partial charge >= 0.3 is 13.5 Å². The van der Waals surface area contributed by atoms with Crippen LogP contribution in [0.5, 0.6) is 17.2 Å². The van der Waals surface area contributed by atoms with E-state index in [2.05, 4.69) is 35.6 Å². The minimum Gasteiger partial charge on any atom is -0.497 e. The number of aliphatic hydroxyl groups excluding tert-OH is 1. The summed E-state index contributed by atoms with van der Waals surface area (Å²) in [5, 5.41) is 17.4. The average molecular weight is 1490 g/mol. The number of benzene rings is 6. The van der Waals surface area contributed by atoms with E-state index in [9.17, 15) is 29.1 Å². The van der Waals surface area contributed by atoms with Crippen molar-refractivity contribution in [2.75, 3.05) is 38.1 Å². The molecule has 3 aliphatic rings. The predicted octanol–water partition coefficient (Wildman–Crippen LogP) is 11.6. The summed E-state index contributed by atoms with van der Waals surface area (Å²) in [4.78, 5) is 94.2. The molecule has 31 heteroatoms. The van der Waals surface area contributed by atoms with Crippen molar-refractivity contribution in [1.29, 1.82) is 0 Å². The standard InChI is InChI=1S/C74H71Cl2N12O16P/c1-40(2)68(90)83-72-82-67-63(71(93)84-72)80-39-88(67)60-33-55(104-105(95,103-54-20-14-13-19-52(54)76)99-36-57-53(89)32-59(101-57)86-34-41(3)69(91)85-73(86)94)64(102-60)61-42(4)51(75)30-29-49(61)50-31-58(87-38-79-62-65(77-37-78-66(62)87)81-70(92)43-15-9-7-10-16-43)100-56(50)35-98-74(44-17-11-8-12-18-44,45-21-25-47(96-5)26-22-45)46-23-27-48(97-6)28-24-46/h7-30,34,37-40,50,53,55-60,64,89H,31-33,35-36H2,1-6H3,(H,85,91,94)(H,77,78,81,92)(H2,82,83,84,90,93)/t50-,53-,55-,56-,57+,58+,59+,60+,64-,105?/m0/s1. The number of amides is 2. The molecule has 8 heterocycles. The van der Waals surface area contributed by atoms with Crippen LogP contribution in [0.25, 0.3) is 22.3 Å². The number of imidazole rings is 2. The van der Waals surface area contributed by atoms with Gasteiger partial charge in [0.1, 0.15) is 66.2 Å². The van der Waals surface area contributed by atoms with Gasteiger partial charge in [-0.3, -0.25) is 57.2 Å². The molecule has 0 saturated carbocycles. The molecule has 14 rings (SSSR count). The van der Waals surface area contributed by atoms with Crippen molar-refractivity contribution in [1.82, 2.24) is 48.6 Å². The third-order valence-electron chi connectivity index (χ3n) is 18.9. The van der Waals surface area contributed by atoms with Crippen LogP contribution in [0.2, 0.25) is 10.0 Å². The van der Waals surface area contributed by atoms with Gasteiger partial charge in [-0.2, -0.15) is 4.98 Å². The normalized spacial score (nSPS) is 20.9. The van der Waals surface area contributed by atoms with Crippen LogP contribution in [0.3, 0.4) is 0 Å². The molecule has 0 bridgehead atoms. The number of halogens is 2. The number of para-hydroxylation sites is 1. The van der Waals surface area contributed by atoms with E-state index in [1.54, 1.807) is 94.4 Å². The second kappa shape index (κ2) is 30.1. The highest BCUT2D eigenvalue weighted by Crippen LogP contribution is 2.58. The number of carbonyl (C=O) groups excluding carboxylic acids is 2. The first kappa shape index (κ1) is 71.7. The number of hydrogen-bond donors (Lipinski definition) is 5. The van der Waals surface area contributed by atoms with Gasteiger partial charge in [-0.15, -0.1) is 0 Å². The first-order chi connectivity index (χ1) is 50.7. The summed E-state index contributed by atoms with van der Waals surface area (Å²) in [6.07, 6.45) is -4.01. The molecule has 3 aliphatic heterocycles. The number of anilines is 2. The number of carbonyl (C=O) groups is 2. The number of ether oxygens (including phenoxy) is 6. The van der Waals surface area contributed by atoms with Crippen molar-refractivity contribution in [3.63, 3.8) is 0 Å². The summed E-state index contributed by atoms with van der Waals surface area (Å²) in [5.41, 5.74) is 1.39. The van der Waals surface area contributed by atoms with E-state index in [4.69, 9.17) is 75.2 Å². The Bertz CT molecular complexity index is 5230. The number of aryl methyl sites for hydroxylation is 1. The minimum atomic E-state index is -5.12. The van der Waals surface area contributed by atoms with Gasteiger partial charge in [0.25, 0.3) is 17.0 Å². The molecular formula is C74H71Cl2N12O16P. The highest BCUT2D eigenvalue weighted by Gasteiger charge is 2.50. The van der Waals surface area contributed by atoms with Crippen LogP contribution >= 0.6 is 31.0 Å². The van der Waals surface area contributed by atoms with Gasteiger partial charge in [0.05, 0.1) is 57.3 Å². The third kappa shape index (κ3) is 14.5.